The molecule has 4 rings (SSSR count). The van der Waals surface area contributed by atoms with Crippen molar-refractivity contribution >= 4 is 17.5 Å². The van der Waals surface area contributed by atoms with Crippen LogP contribution in [0.25, 0.3) is 5.65 Å². The van der Waals surface area contributed by atoms with Crippen molar-refractivity contribution < 1.29 is 9.59 Å². The second-order valence-electron chi connectivity index (χ2n) is 7.94. The summed E-state index contributed by atoms with van der Waals surface area (Å²) in [4.78, 5) is 31.5. The average Bonchev–Trinajstić information content (AvgIpc) is 3.25. The fourth-order valence-electron chi connectivity index (χ4n) is 3.79. The first kappa shape index (κ1) is 17.0. The minimum atomic E-state index is -0.323. The molecule has 1 saturated carbocycles. The second kappa shape index (κ2) is 6.37. The maximum absolute atomic E-state index is 12.9. The van der Waals surface area contributed by atoms with E-state index in [9.17, 15) is 9.59 Å². The lowest BCUT2D eigenvalue weighted by molar-refractivity contribution is -0.130. The molecule has 2 aromatic rings. The van der Waals surface area contributed by atoms with Gasteiger partial charge in [0.05, 0.1) is 0 Å². The van der Waals surface area contributed by atoms with Crippen molar-refractivity contribution in [2.45, 2.75) is 45.6 Å². The van der Waals surface area contributed by atoms with Crippen LogP contribution >= 0.6 is 0 Å². The molecule has 2 aliphatic rings. The van der Waals surface area contributed by atoms with Crippen LogP contribution in [0.4, 0.5) is 0 Å². The summed E-state index contributed by atoms with van der Waals surface area (Å²) in [5.74, 6) is 0.635. The van der Waals surface area contributed by atoms with Crippen LogP contribution in [0.5, 0.6) is 0 Å². The van der Waals surface area contributed by atoms with Gasteiger partial charge in [-0.25, -0.2) is 9.50 Å². The van der Waals surface area contributed by atoms with Crippen molar-refractivity contribution in [3.05, 3.63) is 30.2 Å². The third-order valence-corrected chi connectivity index (χ3v) is 5.75. The summed E-state index contributed by atoms with van der Waals surface area (Å²) in [5.41, 5.74) is 0.336. The van der Waals surface area contributed by atoms with Gasteiger partial charge in [-0.3, -0.25) is 9.59 Å². The number of carbonyl (C=O) groups is 2. The third-order valence-electron chi connectivity index (χ3n) is 5.75. The van der Waals surface area contributed by atoms with E-state index in [2.05, 4.69) is 15.4 Å². The highest BCUT2D eigenvalue weighted by Crippen LogP contribution is 2.45. The number of rotatable bonds is 5. The average molecular weight is 355 g/mol. The standard InChI is InChI=1S/C19H25N5O2/c1-19(2,13-8-9-13)18(26)20-12-14-6-5-10-23(14)17(25)16-21-15-7-3-4-11-24(15)22-16/h3-4,7,11,13-14H,5-6,8-10,12H2,1-2H3,(H,20,26)/t14-/m1/s1. The maximum Gasteiger partial charge on any atom is 0.293 e. The number of nitrogens with one attached hydrogen (secondary N) is 1. The van der Waals surface area contributed by atoms with Crippen molar-refractivity contribution in [3.8, 4) is 0 Å². The number of likely N-dealkylation sites (tertiary alicyclic amines) is 1. The zero-order valence-electron chi connectivity index (χ0n) is 15.3. The number of hydrogen-bond donors (Lipinski definition) is 1. The molecule has 3 heterocycles. The van der Waals surface area contributed by atoms with E-state index in [0.717, 1.165) is 25.7 Å². The number of nitrogens with zero attached hydrogens (tertiary/aromatic N) is 4. The van der Waals surface area contributed by atoms with Gasteiger partial charge in [0.25, 0.3) is 5.91 Å². The van der Waals surface area contributed by atoms with Gasteiger partial charge in [0.2, 0.25) is 11.7 Å². The van der Waals surface area contributed by atoms with Crippen LogP contribution in [0.2, 0.25) is 0 Å². The molecule has 0 radical (unpaired) electrons. The molecule has 0 unspecified atom stereocenters. The van der Waals surface area contributed by atoms with E-state index in [4.69, 9.17) is 0 Å². The lowest BCUT2D eigenvalue weighted by Gasteiger charge is -2.27. The van der Waals surface area contributed by atoms with Crippen LogP contribution in [0.15, 0.2) is 24.4 Å². The monoisotopic (exact) mass is 355 g/mol. The van der Waals surface area contributed by atoms with Crippen LogP contribution in [0.1, 0.15) is 50.1 Å². The lowest BCUT2D eigenvalue weighted by Crippen LogP contribution is -2.47. The molecular formula is C19H25N5O2. The molecule has 1 aliphatic heterocycles. The topological polar surface area (TPSA) is 79.6 Å². The molecule has 0 spiro atoms. The second-order valence-corrected chi connectivity index (χ2v) is 7.94. The Hall–Kier alpha value is -2.44. The Balaban J connectivity index is 1.42. The molecule has 2 amide bonds. The zero-order chi connectivity index (χ0) is 18.3. The van der Waals surface area contributed by atoms with E-state index < -0.39 is 0 Å². The highest BCUT2D eigenvalue weighted by molar-refractivity contribution is 5.91. The van der Waals surface area contributed by atoms with Gasteiger partial charge in [-0.1, -0.05) is 19.9 Å². The molecular weight excluding hydrogens is 330 g/mol. The summed E-state index contributed by atoms with van der Waals surface area (Å²) in [5, 5.41) is 7.35. The molecule has 26 heavy (non-hydrogen) atoms. The first-order chi connectivity index (χ1) is 12.5. The molecule has 0 aromatic carbocycles. The van der Waals surface area contributed by atoms with Gasteiger partial charge < -0.3 is 10.2 Å². The summed E-state index contributed by atoms with van der Waals surface area (Å²) in [6.07, 6.45) is 5.87. The van der Waals surface area contributed by atoms with Crippen LogP contribution in [-0.2, 0) is 4.79 Å². The quantitative estimate of drug-likeness (QED) is 0.888. The molecule has 2 fully saturated rings. The molecule has 1 aliphatic carbocycles. The SMILES string of the molecule is CC(C)(C(=O)NC[C@H]1CCCN1C(=O)c1nc2ccccn2n1)C1CC1. The van der Waals surface area contributed by atoms with Crippen molar-refractivity contribution in [1.82, 2.24) is 24.8 Å². The number of aromatic nitrogens is 3. The lowest BCUT2D eigenvalue weighted by atomic mass is 9.86. The molecule has 1 saturated heterocycles. The Labute approximate surface area is 152 Å². The first-order valence-corrected chi connectivity index (χ1v) is 9.37. The predicted molar refractivity (Wildman–Crippen MR) is 96.6 cm³/mol. The molecule has 138 valence electrons. The van der Waals surface area contributed by atoms with Gasteiger partial charge in [-0.2, -0.15) is 0 Å². The van der Waals surface area contributed by atoms with Gasteiger partial charge in [0, 0.05) is 30.7 Å². The van der Waals surface area contributed by atoms with Gasteiger partial charge in [0.15, 0.2) is 5.65 Å². The first-order valence-electron chi connectivity index (χ1n) is 9.37. The molecule has 1 atom stereocenters. The summed E-state index contributed by atoms with van der Waals surface area (Å²) in [7, 11) is 0. The van der Waals surface area contributed by atoms with Gasteiger partial charge in [-0.05, 0) is 43.7 Å². The van der Waals surface area contributed by atoms with E-state index in [-0.39, 0.29) is 29.1 Å². The smallest absolute Gasteiger partial charge is 0.293 e. The summed E-state index contributed by atoms with van der Waals surface area (Å²) < 4.78 is 1.61. The molecule has 7 nitrogen and oxygen atoms in total. The van der Waals surface area contributed by atoms with E-state index in [1.54, 1.807) is 15.6 Å². The third kappa shape index (κ3) is 3.06. The number of fused-ring (bicyclic) bond motifs is 1. The normalized spacial score (nSPS) is 20.5. The molecule has 0 bridgehead atoms. The molecule has 7 heteroatoms. The number of pyridine rings is 1. The summed E-state index contributed by atoms with van der Waals surface area (Å²) in [6.45, 7) is 5.20. The van der Waals surface area contributed by atoms with Crippen LogP contribution in [0, 0.1) is 11.3 Å². The maximum atomic E-state index is 12.9. The van der Waals surface area contributed by atoms with Crippen molar-refractivity contribution in [2.75, 3.05) is 13.1 Å². The van der Waals surface area contributed by atoms with E-state index >= 15 is 0 Å². The highest BCUT2D eigenvalue weighted by Gasteiger charge is 2.43. The minimum Gasteiger partial charge on any atom is -0.354 e. The Kier molecular flexibility index (Phi) is 4.17. The van der Waals surface area contributed by atoms with Crippen molar-refractivity contribution in [3.63, 3.8) is 0 Å². The molecule has 1 N–H and O–H groups in total. The van der Waals surface area contributed by atoms with Crippen LogP contribution in [0.3, 0.4) is 0 Å². The summed E-state index contributed by atoms with van der Waals surface area (Å²) in [6, 6.07) is 5.55. The fourth-order valence-corrected chi connectivity index (χ4v) is 3.79. The van der Waals surface area contributed by atoms with Gasteiger partial charge in [-0.15, -0.1) is 5.10 Å². The number of amides is 2. The highest BCUT2D eigenvalue weighted by atomic mass is 16.2. The number of hydrogen-bond acceptors (Lipinski definition) is 4. The Morgan fingerprint density at radius 3 is 2.81 bits per heavy atom. The Morgan fingerprint density at radius 2 is 2.08 bits per heavy atom. The van der Waals surface area contributed by atoms with Crippen molar-refractivity contribution in [1.29, 1.82) is 0 Å². The van der Waals surface area contributed by atoms with Crippen molar-refractivity contribution in [2.24, 2.45) is 11.3 Å². The largest absolute Gasteiger partial charge is 0.354 e. The Bertz CT molecular complexity index is 806. The van der Waals surface area contributed by atoms with Gasteiger partial charge in [0.1, 0.15) is 0 Å². The van der Waals surface area contributed by atoms with Crippen LogP contribution in [-0.4, -0.2) is 50.4 Å². The van der Waals surface area contributed by atoms with Crippen LogP contribution < -0.4 is 5.32 Å². The predicted octanol–water partition coefficient (Wildman–Crippen LogP) is 1.89. The summed E-state index contributed by atoms with van der Waals surface area (Å²) >= 11 is 0. The Morgan fingerprint density at radius 1 is 1.27 bits per heavy atom. The van der Waals surface area contributed by atoms with E-state index in [1.165, 1.54) is 0 Å². The fraction of sp³-hybridized carbons (Fsp3) is 0.579. The number of carbonyl (C=O) groups excluding carboxylic acids is 2. The van der Waals surface area contributed by atoms with E-state index in [0.29, 0.717) is 24.7 Å². The minimum absolute atomic E-state index is 0.00747. The zero-order valence-corrected chi connectivity index (χ0v) is 15.3. The molecule has 2 aromatic heterocycles. The van der Waals surface area contributed by atoms with E-state index in [1.807, 2.05) is 32.0 Å². The van der Waals surface area contributed by atoms with Gasteiger partial charge >= 0.3 is 0 Å².